The van der Waals surface area contributed by atoms with Crippen molar-refractivity contribution in [2.45, 2.75) is 0 Å². The highest BCUT2D eigenvalue weighted by molar-refractivity contribution is 5.68. The van der Waals surface area contributed by atoms with Gasteiger partial charge in [0, 0.05) is 18.9 Å². The van der Waals surface area contributed by atoms with Crippen molar-refractivity contribution in [3.05, 3.63) is 94.9 Å². The Balaban J connectivity index is 1.96. The Morgan fingerprint density at radius 3 is 2.69 bits per heavy atom. The number of rotatable bonds is 4. The van der Waals surface area contributed by atoms with Crippen molar-refractivity contribution in [1.82, 2.24) is 14.5 Å². The molecule has 0 fully saturated rings. The van der Waals surface area contributed by atoms with Crippen LogP contribution < -0.4 is 11.4 Å². The molecule has 128 valence electrons. The average molecular weight is 343 g/mol. The summed E-state index contributed by atoms with van der Waals surface area (Å²) in [6, 6.07) is 10.9. The number of allylic oxidation sites excluding steroid dienone is 4. The zero-order valence-corrected chi connectivity index (χ0v) is 14.0. The lowest BCUT2D eigenvalue weighted by Gasteiger charge is -2.14. The molecule has 0 radical (unpaired) electrons. The molecule has 1 aliphatic heterocycles. The second-order valence-electron chi connectivity index (χ2n) is 5.49. The Kier molecular flexibility index (Phi) is 5.11. The second kappa shape index (κ2) is 7.81. The predicted molar refractivity (Wildman–Crippen MR) is 102 cm³/mol. The van der Waals surface area contributed by atoms with Crippen LogP contribution in [0.2, 0.25) is 0 Å². The first kappa shape index (κ1) is 17.0. The number of para-hydroxylation sites is 1. The fourth-order valence-corrected chi connectivity index (χ4v) is 2.53. The summed E-state index contributed by atoms with van der Waals surface area (Å²) in [5, 5.41) is 9.30. The lowest BCUT2D eigenvalue weighted by Crippen LogP contribution is -2.26. The molecule has 0 saturated heterocycles. The quantitative estimate of drug-likeness (QED) is 0.862. The van der Waals surface area contributed by atoms with Crippen LogP contribution in [-0.4, -0.2) is 21.0 Å². The van der Waals surface area contributed by atoms with Crippen molar-refractivity contribution in [1.29, 1.82) is 5.26 Å². The molecule has 0 aliphatic carbocycles. The zero-order valence-electron chi connectivity index (χ0n) is 14.0. The van der Waals surface area contributed by atoms with Gasteiger partial charge in [-0.15, -0.1) is 0 Å². The van der Waals surface area contributed by atoms with E-state index in [1.807, 2.05) is 53.7 Å². The summed E-state index contributed by atoms with van der Waals surface area (Å²) in [5.41, 5.74) is 6.62. The molecule has 1 aromatic carbocycles. The number of anilines is 1. The van der Waals surface area contributed by atoms with Gasteiger partial charge in [-0.3, -0.25) is 0 Å². The predicted octanol–water partition coefficient (Wildman–Crippen LogP) is 2.60. The van der Waals surface area contributed by atoms with E-state index in [9.17, 15) is 10.1 Å². The van der Waals surface area contributed by atoms with Crippen LogP contribution in [0.5, 0.6) is 0 Å². The van der Waals surface area contributed by atoms with Gasteiger partial charge in [0.2, 0.25) is 0 Å². The molecule has 2 heterocycles. The van der Waals surface area contributed by atoms with Crippen LogP contribution in [0.3, 0.4) is 0 Å². The van der Waals surface area contributed by atoms with Gasteiger partial charge in [-0.05, 0) is 30.4 Å². The number of aromatic nitrogens is 2. The topological polar surface area (TPSA) is 87.9 Å². The van der Waals surface area contributed by atoms with Crippen LogP contribution in [0, 0.1) is 11.3 Å². The molecule has 0 atom stereocenters. The van der Waals surface area contributed by atoms with Gasteiger partial charge < -0.3 is 10.6 Å². The van der Waals surface area contributed by atoms with E-state index in [4.69, 9.17) is 5.73 Å². The normalized spacial score (nSPS) is 13.6. The third-order valence-electron chi connectivity index (χ3n) is 3.78. The number of hydrogen-bond donors (Lipinski definition) is 1. The third-order valence-corrected chi connectivity index (χ3v) is 3.78. The Morgan fingerprint density at radius 1 is 1.19 bits per heavy atom. The molecule has 0 bridgehead atoms. The first-order chi connectivity index (χ1) is 12.7. The zero-order chi connectivity index (χ0) is 18.4. The molecular formula is C20H17N5O. The van der Waals surface area contributed by atoms with Gasteiger partial charge >= 0.3 is 5.69 Å². The van der Waals surface area contributed by atoms with E-state index in [1.165, 1.54) is 4.57 Å². The summed E-state index contributed by atoms with van der Waals surface area (Å²) in [7, 11) is 0. The summed E-state index contributed by atoms with van der Waals surface area (Å²) in [6.07, 6.45) is 15.1. The number of nitriles is 1. The molecule has 1 aliphatic rings. The van der Waals surface area contributed by atoms with Gasteiger partial charge in [0.15, 0.2) is 5.69 Å². The van der Waals surface area contributed by atoms with Crippen molar-refractivity contribution in [2.24, 2.45) is 0 Å². The van der Waals surface area contributed by atoms with Crippen molar-refractivity contribution < 1.29 is 0 Å². The highest BCUT2D eigenvalue weighted by Gasteiger charge is 2.13. The minimum atomic E-state index is -0.580. The first-order valence-corrected chi connectivity index (χ1v) is 8.02. The van der Waals surface area contributed by atoms with Gasteiger partial charge in [0.25, 0.3) is 0 Å². The Hall–Kier alpha value is -3.85. The van der Waals surface area contributed by atoms with Crippen LogP contribution in [0.15, 0.2) is 77.9 Å². The molecular weight excluding hydrogens is 326 g/mol. The molecule has 26 heavy (non-hydrogen) atoms. The highest BCUT2D eigenvalue weighted by Crippen LogP contribution is 2.18. The van der Waals surface area contributed by atoms with E-state index in [0.717, 1.165) is 6.54 Å². The van der Waals surface area contributed by atoms with Crippen LogP contribution in [-0.2, 0) is 0 Å². The highest BCUT2D eigenvalue weighted by atomic mass is 16.1. The summed E-state index contributed by atoms with van der Waals surface area (Å²) in [4.78, 5) is 18.1. The standard InChI is InChI=1S/C20H17N5O/c21-15-18-17(11-5-8-14-24-12-6-2-7-13-24)19(22)25(20(26)23-18)16-9-3-1-4-10-16/h1-12,14H,13,22H2. The second-order valence-corrected chi connectivity index (χ2v) is 5.49. The number of nitrogens with zero attached hydrogens (tertiary/aromatic N) is 4. The molecule has 0 unspecified atom stereocenters. The fraction of sp³-hybridized carbons (Fsp3) is 0.0500. The maximum absolute atomic E-state index is 12.3. The summed E-state index contributed by atoms with van der Waals surface area (Å²) >= 11 is 0. The van der Waals surface area contributed by atoms with Crippen LogP contribution >= 0.6 is 0 Å². The van der Waals surface area contributed by atoms with E-state index in [0.29, 0.717) is 11.3 Å². The van der Waals surface area contributed by atoms with Gasteiger partial charge in [-0.1, -0.05) is 36.4 Å². The number of nitrogen functional groups attached to an aromatic ring is 1. The molecule has 0 amide bonds. The lowest BCUT2D eigenvalue weighted by atomic mass is 10.2. The van der Waals surface area contributed by atoms with Crippen molar-refractivity contribution in [2.75, 3.05) is 12.3 Å². The molecule has 6 heteroatoms. The van der Waals surface area contributed by atoms with Crippen molar-refractivity contribution in [3.8, 4) is 11.8 Å². The Morgan fingerprint density at radius 2 is 2.00 bits per heavy atom. The number of nitrogens with two attached hydrogens (primary N) is 1. The summed E-state index contributed by atoms with van der Waals surface area (Å²) in [5.74, 6) is 0.179. The molecule has 0 saturated carbocycles. The van der Waals surface area contributed by atoms with Gasteiger partial charge in [-0.25, -0.2) is 9.36 Å². The Labute approximate surface area is 151 Å². The van der Waals surface area contributed by atoms with Crippen LogP contribution in [0.4, 0.5) is 5.82 Å². The van der Waals surface area contributed by atoms with E-state index < -0.39 is 5.69 Å². The smallest absolute Gasteiger partial charge is 0.355 e. The van der Waals surface area contributed by atoms with Gasteiger partial charge in [0.1, 0.15) is 11.9 Å². The van der Waals surface area contributed by atoms with E-state index >= 15 is 0 Å². The van der Waals surface area contributed by atoms with Crippen LogP contribution in [0.1, 0.15) is 11.3 Å². The molecule has 6 nitrogen and oxygen atoms in total. The maximum Gasteiger partial charge on any atom is 0.355 e. The molecule has 0 spiro atoms. The van der Waals surface area contributed by atoms with Crippen molar-refractivity contribution in [3.63, 3.8) is 0 Å². The molecule has 1 aromatic heterocycles. The van der Waals surface area contributed by atoms with Crippen molar-refractivity contribution >= 4 is 11.9 Å². The Bertz CT molecular complexity index is 1010. The lowest BCUT2D eigenvalue weighted by molar-refractivity contribution is 0.560. The fourth-order valence-electron chi connectivity index (χ4n) is 2.53. The average Bonchev–Trinajstić information content (AvgIpc) is 2.68. The summed E-state index contributed by atoms with van der Waals surface area (Å²) < 4.78 is 1.29. The SMILES string of the molecule is N#Cc1nc(=O)n(-c2ccccc2)c(N)c1C=CC=CN1C=CC=CC1. The maximum atomic E-state index is 12.3. The monoisotopic (exact) mass is 343 g/mol. The summed E-state index contributed by atoms with van der Waals surface area (Å²) in [6.45, 7) is 0.798. The molecule has 2 aromatic rings. The molecule has 2 N–H and O–H groups in total. The first-order valence-electron chi connectivity index (χ1n) is 8.02. The third kappa shape index (κ3) is 3.62. The number of benzene rings is 1. The van der Waals surface area contributed by atoms with E-state index in [2.05, 4.69) is 4.98 Å². The number of hydrogen-bond acceptors (Lipinski definition) is 5. The van der Waals surface area contributed by atoms with Gasteiger partial charge in [-0.2, -0.15) is 10.2 Å². The van der Waals surface area contributed by atoms with Gasteiger partial charge in [0.05, 0.1) is 11.3 Å². The largest absolute Gasteiger partial charge is 0.384 e. The minimum absolute atomic E-state index is 0.00475. The van der Waals surface area contributed by atoms with E-state index in [-0.39, 0.29) is 11.5 Å². The van der Waals surface area contributed by atoms with Crippen LogP contribution in [0.25, 0.3) is 11.8 Å². The minimum Gasteiger partial charge on any atom is -0.384 e. The van der Waals surface area contributed by atoms with E-state index in [1.54, 1.807) is 36.4 Å². The molecule has 3 rings (SSSR count).